The van der Waals surface area contributed by atoms with Crippen LogP contribution in [0.3, 0.4) is 0 Å². The molecule has 4 aromatic rings. The first-order valence-corrected chi connectivity index (χ1v) is 8.27. The molecule has 0 aliphatic carbocycles. The largest absolute Gasteiger partial charge is 0.507 e. The number of benzene rings is 3. The number of hydrogen-bond acceptors (Lipinski definition) is 3. The van der Waals surface area contributed by atoms with E-state index < -0.39 is 0 Å². The third-order valence-electron chi connectivity index (χ3n) is 4.14. The molecule has 1 N–H and O–H groups in total. The summed E-state index contributed by atoms with van der Waals surface area (Å²) in [6.45, 7) is 0. The van der Waals surface area contributed by atoms with Crippen molar-refractivity contribution in [3.63, 3.8) is 0 Å². The molecule has 0 saturated carbocycles. The fraction of sp³-hybridized carbons (Fsp3) is 0. The van der Waals surface area contributed by atoms with Crippen molar-refractivity contribution in [3.05, 3.63) is 107 Å². The highest BCUT2D eigenvalue weighted by molar-refractivity contribution is 5.81. The standard InChI is InChI=1S/C22H16N2O2/c25-21(16-9-3-1-4-10-16)15-19-22(26)24(17-11-5-2-6-12-17)20-14-8-7-13-18(20)23-19/h1-15,25H. The maximum atomic E-state index is 13.1. The molecule has 0 saturated heterocycles. The molecule has 0 fully saturated rings. The third kappa shape index (κ3) is 2.89. The van der Waals surface area contributed by atoms with E-state index >= 15 is 0 Å². The Balaban J connectivity index is 1.98. The van der Waals surface area contributed by atoms with Crippen LogP contribution in [0.5, 0.6) is 0 Å². The molecule has 4 rings (SSSR count). The first-order valence-electron chi connectivity index (χ1n) is 8.27. The minimum absolute atomic E-state index is 0.00472. The van der Waals surface area contributed by atoms with Crippen molar-refractivity contribution >= 4 is 22.9 Å². The second kappa shape index (κ2) is 6.69. The van der Waals surface area contributed by atoms with E-state index in [0.29, 0.717) is 11.1 Å². The van der Waals surface area contributed by atoms with Crippen LogP contribution in [0, 0.1) is 0 Å². The Morgan fingerprint density at radius 1 is 0.846 bits per heavy atom. The zero-order valence-corrected chi connectivity index (χ0v) is 13.9. The normalized spacial score (nSPS) is 11.6. The van der Waals surface area contributed by atoms with Crippen LogP contribution in [-0.4, -0.2) is 14.7 Å². The summed E-state index contributed by atoms with van der Waals surface area (Å²) in [6.07, 6.45) is 1.42. The summed E-state index contributed by atoms with van der Waals surface area (Å²) in [7, 11) is 0. The van der Waals surface area contributed by atoms with E-state index in [-0.39, 0.29) is 17.0 Å². The van der Waals surface area contributed by atoms with Crippen LogP contribution in [0.15, 0.2) is 89.7 Å². The van der Waals surface area contributed by atoms with Crippen LogP contribution in [0.1, 0.15) is 11.3 Å². The maximum absolute atomic E-state index is 13.1. The first kappa shape index (κ1) is 15.8. The van der Waals surface area contributed by atoms with Gasteiger partial charge in [-0.15, -0.1) is 0 Å². The van der Waals surface area contributed by atoms with Crippen LogP contribution >= 0.6 is 0 Å². The molecular formula is C22H16N2O2. The Labute approximate surface area is 150 Å². The molecule has 0 atom stereocenters. The van der Waals surface area contributed by atoms with Gasteiger partial charge < -0.3 is 5.11 Å². The van der Waals surface area contributed by atoms with Gasteiger partial charge in [-0.1, -0.05) is 60.7 Å². The summed E-state index contributed by atoms with van der Waals surface area (Å²) in [5.74, 6) is 0.00472. The van der Waals surface area contributed by atoms with Gasteiger partial charge in [-0.3, -0.25) is 9.36 Å². The molecule has 26 heavy (non-hydrogen) atoms. The number of hydrogen-bond donors (Lipinski definition) is 1. The van der Waals surface area contributed by atoms with Gasteiger partial charge in [-0.2, -0.15) is 0 Å². The Morgan fingerprint density at radius 3 is 2.19 bits per heavy atom. The van der Waals surface area contributed by atoms with Gasteiger partial charge in [-0.25, -0.2) is 4.98 Å². The van der Waals surface area contributed by atoms with Crippen molar-refractivity contribution in [3.8, 4) is 5.69 Å². The minimum Gasteiger partial charge on any atom is -0.507 e. The number of nitrogens with zero attached hydrogens (tertiary/aromatic N) is 2. The van der Waals surface area contributed by atoms with Crippen molar-refractivity contribution in [2.45, 2.75) is 0 Å². The molecule has 1 aromatic heterocycles. The maximum Gasteiger partial charge on any atom is 0.281 e. The Kier molecular flexibility index (Phi) is 4.07. The second-order valence-corrected chi connectivity index (χ2v) is 5.86. The van der Waals surface area contributed by atoms with Gasteiger partial charge in [0.25, 0.3) is 5.56 Å². The zero-order valence-electron chi connectivity index (χ0n) is 13.9. The van der Waals surface area contributed by atoms with E-state index in [9.17, 15) is 9.90 Å². The van der Waals surface area contributed by atoms with Gasteiger partial charge in [-0.05, 0) is 24.3 Å². The summed E-state index contributed by atoms with van der Waals surface area (Å²) < 4.78 is 1.62. The highest BCUT2D eigenvalue weighted by Gasteiger charge is 2.12. The number of aromatic nitrogens is 2. The SMILES string of the molecule is O=c1c(C=C(O)c2ccccc2)nc2ccccc2n1-c1ccccc1. The van der Waals surface area contributed by atoms with Crippen LogP contribution in [0.2, 0.25) is 0 Å². The molecule has 0 amide bonds. The lowest BCUT2D eigenvalue weighted by atomic mass is 10.1. The molecule has 0 aliphatic heterocycles. The predicted molar refractivity (Wildman–Crippen MR) is 104 cm³/mol. The van der Waals surface area contributed by atoms with Gasteiger partial charge >= 0.3 is 0 Å². The molecule has 4 heteroatoms. The molecule has 0 aliphatic rings. The Hall–Kier alpha value is -3.66. The molecule has 4 nitrogen and oxygen atoms in total. The van der Waals surface area contributed by atoms with Crippen LogP contribution in [0.25, 0.3) is 28.6 Å². The fourth-order valence-corrected chi connectivity index (χ4v) is 2.90. The van der Waals surface area contributed by atoms with E-state index in [1.807, 2.05) is 72.8 Å². The Morgan fingerprint density at radius 2 is 1.46 bits per heavy atom. The van der Waals surface area contributed by atoms with Crippen molar-refractivity contribution < 1.29 is 5.11 Å². The van der Waals surface area contributed by atoms with Crippen molar-refractivity contribution in [2.75, 3.05) is 0 Å². The topological polar surface area (TPSA) is 55.1 Å². The smallest absolute Gasteiger partial charge is 0.281 e. The van der Waals surface area contributed by atoms with E-state index in [1.54, 1.807) is 16.7 Å². The average molecular weight is 340 g/mol. The minimum atomic E-state index is -0.280. The molecule has 0 radical (unpaired) electrons. The van der Waals surface area contributed by atoms with Gasteiger partial charge in [0, 0.05) is 17.3 Å². The van der Waals surface area contributed by atoms with Gasteiger partial charge in [0.15, 0.2) is 0 Å². The molecule has 3 aromatic carbocycles. The first-order chi connectivity index (χ1) is 12.7. The summed E-state index contributed by atoms with van der Waals surface area (Å²) in [4.78, 5) is 17.6. The number of fused-ring (bicyclic) bond motifs is 1. The van der Waals surface area contributed by atoms with Gasteiger partial charge in [0.1, 0.15) is 11.5 Å². The van der Waals surface area contributed by atoms with Gasteiger partial charge in [0.2, 0.25) is 0 Å². The summed E-state index contributed by atoms with van der Waals surface area (Å²) in [5, 5.41) is 10.4. The summed E-state index contributed by atoms with van der Waals surface area (Å²) >= 11 is 0. The van der Waals surface area contributed by atoms with Gasteiger partial charge in [0.05, 0.1) is 11.0 Å². The zero-order chi connectivity index (χ0) is 17.9. The molecule has 0 unspecified atom stereocenters. The van der Waals surface area contributed by atoms with E-state index in [4.69, 9.17) is 0 Å². The lowest BCUT2D eigenvalue weighted by Crippen LogP contribution is -2.22. The highest BCUT2D eigenvalue weighted by atomic mass is 16.3. The Bertz CT molecular complexity index is 1150. The van der Waals surface area contributed by atoms with E-state index in [2.05, 4.69) is 4.98 Å². The number of para-hydroxylation sites is 3. The molecule has 1 heterocycles. The second-order valence-electron chi connectivity index (χ2n) is 5.86. The van der Waals surface area contributed by atoms with Crippen molar-refractivity contribution in [1.82, 2.24) is 9.55 Å². The molecular weight excluding hydrogens is 324 g/mol. The number of aliphatic hydroxyl groups is 1. The number of rotatable bonds is 3. The van der Waals surface area contributed by atoms with Crippen molar-refractivity contribution in [2.24, 2.45) is 0 Å². The monoisotopic (exact) mass is 340 g/mol. The average Bonchev–Trinajstić information content (AvgIpc) is 2.70. The van der Waals surface area contributed by atoms with Crippen LogP contribution in [-0.2, 0) is 0 Å². The van der Waals surface area contributed by atoms with Crippen LogP contribution in [0.4, 0.5) is 0 Å². The van der Waals surface area contributed by atoms with Crippen molar-refractivity contribution in [1.29, 1.82) is 0 Å². The molecule has 0 bridgehead atoms. The lowest BCUT2D eigenvalue weighted by Gasteiger charge is -2.11. The predicted octanol–water partition coefficient (Wildman–Crippen LogP) is 4.44. The summed E-state index contributed by atoms with van der Waals surface area (Å²) in [5.41, 5.74) is 2.70. The lowest BCUT2D eigenvalue weighted by molar-refractivity contribution is 0.515. The van der Waals surface area contributed by atoms with E-state index in [0.717, 1.165) is 11.2 Å². The van der Waals surface area contributed by atoms with Crippen LogP contribution < -0.4 is 5.56 Å². The fourth-order valence-electron chi connectivity index (χ4n) is 2.90. The summed E-state index contributed by atoms with van der Waals surface area (Å²) in [6, 6.07) is 26.0. The van der Waals surface area contributed by atoms with E-state index in [1.165, 1.54) is 6.08 Å². The molecule has 0 spiro atoms. The third-order valence-corrected chi connectivity index (χ3v) is 4.14. The number of aliphatic hydroxyl groups excluding tert-OH is 1. The quantitative estimate of drug-likeness (QED) is 0.561. The highest BCUT2D eigenvalue weighted by Crippen LogP contribution is 2.18. The molecule has 126 valence electrons.